The van der Waals surface area contributed by atoms with Crippen LogP contribution < -0.4 is 0 Å². The summed E-state index contributed by atoms with van der Waals surface area (Å²) in [6.07, 6.45) is 14.1. The van der Waals surface area contributed by atoms with Gasteiger partial charge in [0.15, 0.2) is 5.78 Å². The first-order valence-corrected chi connectivity index (χ1v) is 8.90. The van der Waals surface area contributed by atoms with Crippen molar-refractivity contribution in [1.29, 1.82) is 0 Å². The first-order valence-electron chi connectivity index (χ1n) is 8.90. The van der Waals surface area contributed by atoms with Crippen molar-refractivity contribution in [2.24, 2.45) is 11.8 Å². The van der Waals surface area contributed by atoms with E-state index in [1.54, 1.807) is 6.92 Å². The normalized spacial score (nSPS) is 21.5. The molecular weight excluding hydrogens is 268 g/mol. The molecule has 1 heteroatoms. The van der Waals surface area contributed by atoms with Crippen molar-refractivity contribution in [2.45, 2.75) is 64.7 Å². The molecule has 0 saturated heterocycles. The molecule has 1 aliphatic carbocycles. The molecule has 1 aromatic carbocycles. The number of ketones is 1. The maximum atomic E-state index is 11.3. The van der Waals surface area contributed by atoms with Crippen LogP contribution in [0.4, 0.5) is 0 Å². The quantitative estimate of drug-likeness (QED) is 0.327. The second-order valence-corrected chi connectivity index (χ2v) is 6.90. The van der Waals surface area contributed by atoms with Crippen LogP contribution in [0.5, 0.6) is 0 Å². The van der Waals surface area contributed by atoms with Crippen LogP contribution in [0.1, 0.15) is 74.2 Å². The molecule has 0 heterocycles. The average molecular weight is 298 g/mol. The minimum Gasteiger partial charge on any atom is -0.295 e. The van der Waals surface area contributed by atoms with Gasteiger partial charge in [-0.2, -0.15) is 0 Å². The molecule has 0 spiro atoms. The molecule has 0 aliphatic heterocycles. The highest BCUT2D eigenvalue weighted by Gasteiger charge is 2.20. The van der Waals surface area contributed by atoms with Crippen molar-refractivity contribution in [3.63, 3.8) is 0 Å². The van der Waals surface area contributed by atoms with Gasteiger partial charge >= 0.3 is 0 Å². The van der Waals surface area contributed by atoms with E-state index in [0.717, 1.165) is 23.8 Å². The second kappa shape index (κ2) is 8.92. The summed E-state index contributed by atoms with van der Waals surface area (Å²) in [5.74, 6) is 2.02. The van der Waals surface area contributed by atoms with E-state index in [9.17, 15) is 4.79 Å². The molecule has 22 heavy (non-hydrogen) atoms. The molecule has 0 N–H and O–H groups in total. The predicted octanol–water partition coefficient (Wildman–Crippen LogP) is 5.98. The van der Waals surface area contributed by atoms with Crippen LogP contribution in [0.2, 0.25) is 0 Å². The van der Waals surface area contributed by atoms with Gasteiger partial charge in [0, 0.05) is 5.56 Å². The lowest BCUT2D eigenvalue weighted by Gasteiger charge is -2.28. The first-order chi connectivity index (χ1) is 10.7. The Balaban J connectivity index is 1.68. The van der Waals surface area contributed by atoms with E-state index in [-0.39, 0.29) is 5.78 Å². The second-order valence-electron chi connectivity index (χ2n) is 6.90. The van der Waals surface area contributed by atoms with Crippen LogP contribution in [-0.2, 0) is 6.42 Å². The van der Waals surface area contributed by atoms with E-state index in [1.807, 2.05) is 18.2 Å². The van der Waals surface area contributed by atoms with Gasteiger partial charge in [-0.3, -0.25) is 4.79 Å². The van der Waals surface area contributed by atoms with Crippen LogP contribution in [-0.4, -0.2) is 5.78 Å². The van der Waals surface area contributed by atoms with Gasteiger partial charge in [0.2, 0.25) is 0 Å². The van der Waals surface area contributed by atoms with Crippen LogP contribution in [0.15, 0.2) is 36.9 Å². The number of unbranched alkanes of at least 4 members (excludes halogenated alkanes) is 1. The molecule has 1 fully saturated rings. The van der Waals surface area contributed by atoms with Crippen molar-refractivity contribution in [2.75, 3.05) is 0 Å². The van der Waals surface area contributed by atoms with Gasteiger partial charge in [-0.15, -0.1) is 6.58 Å². The molecular formula is C21H30O. The molecule has 0 aromatic heterocycles. The maximum absolute atomic E-state index is 11.3. The number of hydrogen-bond acceptors (Lipinski definition) is 1. The van der Waals surface area contributed by atoms with Gasteiger partial charge in [-0.25, -0.2) is 0 Å². The molecule has 1 aliphatic rings. The fraction of sp³-hybridized carbons (Fsp3) is 0.571. The van der Waals surface area contributed by atoms with E-state index in [1.165, 1.54) is 56.9 Å². The SMILES string of the molecule is C=CCCCC1CCC(CCc2ccc(C(C)=O)cc2)CC1. The van der Waals surface area contributed by atoms with Gasteiger partial charge in [-0.05, 0) is 50.0 Å². The zero-order valence-corrected chi connectivity index (χ0v) is 14.0. The Bertz CT molecular complexity index is 463. The summed E-state index contributed by atoms with van der Waals surface area (Å²) >= 11 is 0. The van der Waals surface area contributed by atoms with E-state index in [2.05, 4.69) is 18.7 Å². The van der Waals surface area contributed by atoms with Gasteiger partial charge in [-0.1, -0.05) is 62.4 Å². The lowest BCUT2D eigenvalue weighted by Crippen LogP contribution is -2.15. The third kappa shape index (κ3) is 5.44. The van der Waals surface area contributed by atoms with Crippen molar-refractivity contribution < 1.29 is 4.79 Å². The number of carbonyl (C=O) groups is 1. The largest absolute Gasteiger partial charge is 0.295 e. The smallest absolute Gasteiger partial charge is 0.159 e. The minimum atomic E-state index is 0.154. The molecule has 2 rings (SSSR count). The summed E-state index contributed by atoms with van der Waals surface area (Å²) in [7, 11) is 0. The van der Waals surface area contributed by atoms with Crippen molar-refractivity contribution in [3.8, 4) is 0 Å². The molecule has 0 unspecified atom stereocenters. The summed E-state index contributed by atoms with van der Waals surface area (Å²) in [5.41, 5.74) is 2.20. The van der Waals surface area contributed by atoms with E-state index < -0.39 is 0 Å². The molecule has 0 bridgehead atoms. The highest BCUT2D eigenvalue weighted by atomic mass is 16.1. The Morgan fingerprint density at radius 2 is 1.68 bits per heavy atom. The molecule has 120 valence electrons. The van der Waals surface area contributed by atoms with Gasteiger partial charge < -0.3 is 0 Å². The fourth-order valence-corrected chi connectivity index (χ4v) is 3.64. The van der Waals surface area contributed by atoms with Crippen LogP contribution >= 0.6 is 0 Å². The number of hydrogen-bond donors (Lipinski definition) is 0. The summed E-state index contributed by atoms with van der Waals surface area (Å²) in [6.45, 7) is 5.43. The number of benzene rings is 1. The third-order valence-electron chi connectivity index (χ3n) is 5.19. The zero-order valence-electron chi connectivity index (χ0n) is 14.0. The molecule has 0 radical (unpaired) electrons. The molecule has 0 atom stereocenters. The summed E-state index contributed by atoms with van der Waals surface area (Å²) in [4.78, 5) is 11.3. The fourth-order valence-electron chi connectivity index (χ4n) is 3.64. The number of Topliss-reactive ketones (excluding diaryl/α,β-unsaturated/α-hetero) is 1. The number of carbonyl (C=O) groups excluding carboxylic acids is 1. The summed E-state index contributed by atoms with van der Waals surface area (Å²) in [6, 6.07) is 8.18. The van der Waals surface area contributed by atoms with Crippen LogP contribution in [0.3, 0.4) is 0 Å². The molecule has 1 saturated carbocycles. The Morgan fingerprint density at radius 1 is 1.09 bits per heavy atom. The Kier molecular flexibility index (Phi) is 6.89. The molecule has 1 aromatic rings. The van der Waals surface area contributed by atoms with Crippen molar-refractivity contribution in [3.05, 3.63) is 48.0 Å². The Morgan fingerprint density at radius 3 is 2.23 bits per heavy atom. The van der Waals surface area contributed by atoms with E-state index in [4.69, 9.17) is 0 Å². The van der Waals surface area contributed by atoms with Gasteiger partial charge in [0.25, 0.3) is 0 Å². The van der Waals surface area contributed by atoms with Crippen molar-refractivity contribution in [1.82, 2.24) is 0 Å². The predicted molar refractivity (Wildman–Crippen MR) is 94.3 cm³/mol. The van der Waals surface area contributed by atoms with Crippen LogP contribution in [0, 0.1) is 11.8 Å². The third-order valence-corrected chi connectivity index (χ3v) is 5.19. The van der Waals surface area contributed by atoms with Gasteiger partial charge in [0.1, 0.15) is 0 Å². The number of aryl methyl sites for hydroxylation is 1. The van der Waals surface area contributed by atoms with Crippen molar-refractivity contribution >= 4 is 5.78 Å². The number of allylic oxidation sites excluding steroid dienone is 1. The average Bonchev–Trinajstić information content (AvgIpc) is 2.55. The topological polar surface area (TPSA) is 17.1 Å². The lowest BCUT2D eigenvalue weighted by atomic mass is 9.78. The van der Waals surface area contributed by atoms with Crippen LogP contribution in [0.25, 0.3) is 0 Å². The number of rotatable bonds is 8. The summed E-state index contributed by atoms with van der Waals surface area (Å²) in [5, 5.41) is 0. The zero-order chi connectivity index (χ0) is 15.8. The Labute approximate surface area is 135 Å². The maximum Gasteiger partial charge on any atom is 0.159 e. The first kappa shape index (κ1) is 17.0. The minimum absolute atomic E-state index is 0.154. The standard InChI is InChI=1S/C21H30O/c1-3-4-5-6-18-7-9-19(10-8-18)11-12-20-13-15-21(16-14-20)17(2)22/h3,13-16,18-19H,1,4-12H2,2H3. The molecule has 1 nitrogen and oxygen atoms in total. The lowest BCUT2D eigenvalue weighted by molar-refractivity contribution is 0.101. The highest BCUT2D eigenvalue weighted by Crippen LogP contribution is 2.34. The highest BCUT2D eigenvalue weighted by molar-refractivity contribution is 5.93. The monoisotopic (exact) mass is 298 g/mol. The van der Waals surface area contributed by atoms with Gasteiger partial charge in [0.05, 0.1) is 0 Å². The Hall–Kier alpha value is -1.37. The van der Waals surface area contributed by atoms with E-state index >= 15 is 0 Å². The molecule has 0 amide bonds. The summed E-state index contributed by atoms with van der Waals surface area (Å²) < 4.78 is 0. The van der Waals surface area contributed by atoms with E-state index in [0.29, 0.717) is 0 Å².